The van der Waals surface area contributed by atoms with Gasteiger partial charge >= 0.3 is 0 Å². The number of alkyl halides is 1. The molecule has 0 aromatic heterocycles. The van der Waals surface area contributed by atoms with Gasteiger partial charge in [-0.3, -0.25) is 4.79 Å². The molecule has 2 bridgehead atoms. The molecule has 1 amide bonds. The Morgan fingerprint density at radius 1 is 1.33 bits per heavy atom. The van der Waals surface area contributed by atoms with E-state index in [2.05, 4.69) is 4.90 Å². The van der Waals surface area contributed by atoms with Crippen molar-refractivity contribution in [2.45, 2.75) is 56.5 Å². The van der Waals surface area contributed by atoms with E-state index in [0.717, 1.165) is 31.4 Å². The standard InChI is InChI=1S/C17H22ClNO2/c1-12-3-2-4-16(9-12)21-8-7-17(20)19-14-5-6-15(19)11-13(18)10-14/h2-4,9,13-15H,5-8,10-11H2,1H3. The number of halogens is 1. The minimum absolute atomic E-state index is 0.221. The number of carbonyl (C=O) groups is 1. The van der Waals surface area contributed by atoms with E-state index in [4.69, 9.17) is 16.3 Å². The average molecular weight is 308 g/mol. The van der Waals surface area contributed by atoms with Crippen LogP contribution in [0.5, 0.6) is 5.75 Å². The van der Waals surface area contributed by atoms with Crippen LogP contribution in [0.2, 0.25) is 0 Å². The van der Waals surface area contributed by atoms with Crippen molar-refractivity contribution in [1.82, 2.24) is 4.90 Å². The Morgan fingerprint density at radius 3 is 2.71 bits per heavy atom. The number of nitrogens with zero attached hydrogens (tertiary/aromatic N) is 1. The molecule has 0 saturated carbocycles. The molecule has 2 atom stereocenters. The highest BCUT2D eigenvalue weighted by Crippen LogP contribution is 2.38. The highest BCUT2D eigenvalue weighted by Gasteiger charge is 2.42. The maximum Gasteiger partial charge on any atom is 0.226 e. The molecule has 0 N–H and O–H groups in total. The van der Waals surface area contributed by atoms with E-state index in [9.17, 15) is 4.79 Å². The van der Waals surface area contributed by atoms with Gasteiger partial charge in [-0.1, -0.05) is 12.1 Å². The lowest BCUT2D eigenvalue weighted by atomic mass is 10.0. The van der Waals surface area contributed by atoms with Crippen LogP contribution >= 0.6 is 11.6 Å². The summed E-state index contributed by atoms with van der Waals surface area (Å²) in [6.07, 6.45) is 4.57. The Kier molecular flexibility index (Phi) is 4.39. The van der Waals surface area contributed by atoms with Crippen LogP contribution < -0.4 is 4.74 Å². The number of hydrogen-bond acceptors (Lipinski definition) is 2. The summed E-state index contributed by atoms with van der Waals surface area (Å²) >= 11 is 6.25. The zero-order chi connectivity index (χ0) is 14.8. The second kappa shape index (κ2) is 6.27. The third-order valence-corrected chi connectivity index (χ3v) is 4.89. The quantitative estimate of drug-likeness (QED) is 0.797. The molecular formula is C17H22ClNO2. The van der Waals surface area contributed by atoms with Crippen LogP contribution in [0.25, 0.3) is 0 Å². The van der Waals surface area contributed by atoms with Crippen molar-refractivity contribution in [2.24, 2.45) is 0 Å². The van der Waals surface area contributed by atoms with Gasteiger partial charge in [0.2, 0.25) is 5.91 Å². The number of carbonyl (C=O) groups excluding carboxylic acids is 1. The van der Waals surface area contributed by atoms with Crippen LogP contribution in [0.4, 0.5) is 0 Å². The average Bonchev–Trinajstić information content (AvgIpc) is 2.71. The Balaban J connectivity index is 1.51. The van der Waals surface area contributed by atoms with Gasteiger partial charge in [0.25, 0.3) is 0 Å². The molecular weight excluding hydrogens is 286 g/mol. The van der Waals surface area contributed by atoms with Crippen molar-refractivity contribution in [3.63, 3.8) is 0 Å². The lowest BCUT2D eigenvalue weighted by Crippen LogP contribution is -2.47. The van der Waals surface area contributed by atoms with Gasteiger partial charge in [0, 0.05) is 17.5 Å². The Labute approximate surface area is 131 Å². The van der Waals surface area contributed by atoms with Gasteiger partial charge < -0.3 is 9.64 Å². The Hall–Kier alpha value is -1.22. The Bertz CT molecular complexity index is 505. The molecule has 2 heterocycles. The van der Waals surface area contributed by atoms with Gasteiger partial charge in [-0.2, -0.15) is 0 Å². The molecule has 1 aromatic carbocycles. The van der Waals surface area contributed by atoms with Gasteiger partial charge in [0.1, 0.15) is 5.75 Å². The first-order valence-corrected chi connectivity index (χ1v) is 8.22. The summed E-state index contributed by atoms with van der Waals surface area (Å²) in [7, 11) is 0. The van der Waals surface area contributed by atoms with Crippen molar-refractivity contribution in [2.75, 3.05) is 6.61 Å². The van der Waals surface area contributed by atoms with Gasteiger partial charge in [-0.15, -0.1) is 11.6 Å². The van der Waals surface area contributed by atoms with Crippen LogP contribution in [0.15, 0.2) is 24.3 Å². The summed E-state index contributed by atoms with van der Waals surface area (Å²) in [5.74, 6) is 1.06. The fraction of sp³-hybridized carbons (Fsp3) is 0.588. The third kappa shape index (κ3) is 3.34. The molecule has 21 heavy (non-hydrogen) atoms. The molecule has 3 nitrogen and oxygen atoms in total. The summed E-state index contributed by atoms with van der Waals surface area (Å²) in [4.78, 5) is 14.5. The highest BCUT2D eigenvalue weighted by molar-refractivity contribution is 6.20. The van der Waals surface area contributed by atoms with Crippen molar-refractivity contribution >= 4 is 17.5 Å². The SMILES string of the molecule is Cc1cccc(OCCC(=O)N2C3CCC2CC(Cl)C3)c1. The number of rotatable bonds is 4. The molecule has 0 spiro atoms. The fourth-order valence-corrected chi connectivity index (χ4v) is 4.02. The summed E-state index contributed by atoms with van der Waals surface area (Å²) < 4.78 is 5.69. The van der Waals surface area contributed by atoms with E-state index in [-0.39, 0.29) is 11.3 Å². The first-order valence-electron chi connectivity index (χ1n) is 7.78. The Morgan fingerprint density at radius 2 is 2.05 bits per heavy atom. The predicted octanol–water partition coefficient (Wildman–Crippen LogP) is 3.52. The molecule has 0 aliphatic carbocycles. The number of piperidine rings is 1. The van der Waals surface area contributed by atoms with Gasteiger partial charge in [0.05, 0.1) is 13.0 Å². The molecule has 2 unspecified atom stereocenters. The highest BCUT2D eigenvalue weighted by atomic mass is 35.5. The number of benzene rings is 1. The summed E-state index contributed by atoms with van der Waals surface area (Å²) in [6.45, 7) is 2.48. The third-order valence-electron chi connectivity index (χ3n) is 4.54. The molecule has 2 aliphatic heterocycles. The lowest BCUT2D eigenvalue weighted by molar-refractivity contribution is -0.135. The maximum atomic E-state index is 12.4. The summed E-state index contributed by atoms with van der Waals surface area (Å²) in [5, 5.41) is 0.245. The second-order valence-electron chi connectivity index (χ2n) is 6.17. The van der Waals surface area contributed by atoms with E-state index >= 15 is 0 Å². The van der Waals surface area contributed by atoms with Crippen LogP contribution in [-0.2, 0) is 4.79 Å². The van der Waals surface area contributed by atoms with E-state index in [1.54, 1.807) is 0 Å². The minimum atomic E-state index is 0.221. The van der Waals surface area contributed by atoms with E-state index < -0.39 is 0 Å². The van der Waals surface area contributed by atoms with Gasteiger partial charge in [0.15, 0.2) is 0 Å². The molecule has 3 rings (SSSR count). The molecule has 0 radical (unpaired) electrons. The number of hydrogen-bond donors (Lipinski definition) is 0. The normalized spacial score (nSPS) is 27.7. The van der Waals surface area contributed by atoms with Crippen LogP contribution in [-0.4, -0.2) is 34.9 Å². The van der Waals surface area contributed by atoms with E-state index in [1.807, 2.05) is 31.2 Å². The molecule has 114 valence electrons. The van der Waals surface area contributed by atoms with Crippen molar-refractivity contribution in [1.29, 1.82) is 0 Å². The van der Waals surface area contributed by atoms with Crippen molar-refractivity contribution in [3.8, 4) is 5.75 Å². The number of fused-ring (bicyclic) bond motifs is 2. The van der Waals surface area contributed by atoms with Crippen molar-refractivity contribution in [3.05, 3.63) is 29.8 Å². The van der Waals surface area contributed by atoms with Crippen molar-refractivity contribution < 1.29 is 9.53 Å². The van der Waals surface area contributed by atoms with Crippen LogP contribution in [0.3, 0.4) is 0 Å². The minimum Gasteiger partial charge on any atom is -0.493 e. The summed E-state index contributed by atoms with van der Waals surface area (Å²) in [6, 6.07) is 8.65. The first-order chi connectivity index (χ1) is 10.1. The van der Waals surface area contributed by atoms with Crippen LogP contribution in [0.1, 0.15) is 37.7 Å². The molecule has 2 aliphatic rings. The molecule has 4 heteroatoms. The second-order valence-corrected chi connectivity index (χ2v) is 6.79. The lowest BCUT2D eigenvalue weighted by Gasteiger charge is -2.37. The summed E-state index contributed by atoms with van der Waals surface area (Å²) in [5.41, 5.74) is 1.17. The van der Waals surface area contributed by atoms with E-state index in [0.29, 0.717) is 25.1 Å². The number of ether oxygens (including phenoxy) is 1. The largest absolute Gasteiger partial charge is 0.493 e. The number of amides is 1. The molecule has 2 saturated heterocycles. The zero-order valence-corrected chi connectivity index (χ0v) is 13.2. The fourth-order valence-electron chi connectivity index (χ4n) is 3.61. The molecule has 1 aromatic rings. The monoisotopic (exact) mass is 307 g/mol. The maximum absolute atomic E-state index is 12.4. The smallest absolute Gasteiger partial charge is 0.226 e. The zero-order valence-electron chi connectivity index (χ0n) is 12.4. The van der Waals surface area contributed by atoms with Crippen LogP contribution in [0, 0.1) is 6.92 Å². The van der Waals surface area contributed by atoms with Gasteiger partial charge in [-0.05, 0) is 50.3 Å². The predicted molar refractivity (Wildman–Crippen MR) is 83.8 cm³/mol. The first kappa shape index (κ1) is 14.7. The topological polar surface area (TPSA) is 29.5 Å². The van der Waals surface area contributed by atoms with Gasteiger partial charge in [-0.25, -0.2) is 0 Å². The van der Waals surface area contributed by atoms with E-state index in [1.165, 1.54) is 5.56 Å². The molecule has 2 fully saturated rings. The number of aryl methyl sites for hydroxylation is 1.